The normalized spacial score (nSPS) is 16.8. The second-order valence-electron chi connectivity index (χ2n) is 5.91. The highest BCUT2D eigenvalue weighted by Gasteiger charge is 2.24. The second-order valence-corrected chi connectivity index (χ2v) is 5.91. The van der Waals surface area contributed by atoms with Crippen LogP contribution in [0.2, 0.25) is 0 Å². The molecule has 1 aliphatic heterocycles. The number of aromatic nitrogens is 2. The van der Waals surface area contributed by atoms with Crippen LogP contribution in [0.3, 0.4) is 0 Å². The van der Waals surface area contributed by atoms with E-state index in [1.54, 1.807) is 12.3 Å². The third-order valence-electron chi connectivity index (χ3n) is 3.78. The van der Waals surface area contributed by atoms with Gasteiger partial charge in [-0.2, -0.15) is 4.98 Å². The van der Waals surface area contributed by atoms with Crippen molar-refractivity contribution in [2.75, 3.05) is 25.4 Å². The molecular formula is C16H21N5O2. The Kier molecular flexibility index (Phi) is 4.31. The van der Waals surface area contributed by atoms with Crippen molar-refractivity contribution in [3.63, 3.8) is 0 Å². The molecule has 1 fully saturated rings. The summed E-state index contributed by atoms with van der Waals surface area (Å²) in [6.07, 6.45) is 1.69. The third-order valence-corrected chi connectivity index (χ3v) is 3.78. The van der Waals surface area contributed by atoms with Crippen LogP contribution in [-0.4, -0.2) is 46.2 Å². The zero-order valence-corrected chi connectivity index (χ0v) is 13.1. The average Bonchev–Trinajstić information content (AvgIpc) is 2.47. The molecule has 4 N–H and O–H groups in total. The monoisotopic (exact) mass is 315 g/mol. The van der Waals surface area contributed by atoms with Crippen molar-refractivity contribution >= 4 is 5.82 Å². The molecule has 1 saturated heterocycles. The quantitative estimate of drug-likeness (QED) is 0.819. The molecule has 1 unspecified atom stereocenters. The summed E-state index contributed by atoms with van der Waals surface area (Å²) in [6.45, 7) is 4.75. The van der Waals surface area contributed by atoms with E-state index in [0.717, 1.165) is 31.1 Å². The van der Waals surface area contributed by atoms with Crippen LogP contribution in [0.4, 0.5) is 5.82 Å². The van der Waals surface area contributed by atoms with E-state index in [1.165, 1.54) is 4.57 Å². The number of hydrogen-bond donors (Lipinski definition) is 2. The number of nitrogens with two attached hydrogens (primary N) is 2. The van der Waals surface area contributed by atoms with Crippen LogP contribution in [0.5, 0.6) is 5.75 Å². The molecular weight excluding hydrogens is 294 g/mol. The van der Waals surface area contributed by atoms with Gasteiger partial charge in [-0.1, -0.05) is 0 Å². The van der Waals surface area contributed by atoms with Gasteiger partial charge in [0.15, 0.2) is 0 Å². The van der Waals surface area contributed by atoms with E-state index in [1.807, 2.05) is 31.2 Å². The molecule has 0 bridgehead atoms. The van der Waals surface area contributed by atoms with Gasteiger partial charge < -0.3 is 16.2 Å². The summed E-state index contributed by atoms with van der Waals surface area (Å²) >= 11 is 0. The molecule has 0 saturated carbocycles. The van der Waals surface area contributed by atoms with Crippen LogP contribution in [0.1, 0.15) is 6.92 Å². The predicted octanol–water partition coefficient (Wildman–Crippen LogP) is 0.225. The van der Waals surface area contributed by atoms with Gasteiger partial charge in [-0.25, -0.2) is 4.79 Å². The lowest BCUT2D eigenvalue weighted by atomic mass is 10.1. The van der Waals surface area contributed by atoms with Gasteiger partial charge in [0.2, 0.25) is 0 Å². The van der Waals surface area contributed by atoms with Crippen LogP contribution < -0.4 is 21.9 Å². The Labute approximate surface area is 134 Å². The highest BCUT2D eigenvalue weighted by atomic mass is 16.5. The SMILES string of the molecule is CC(CN1CC(N)C1)Oc1ccc(-n2ccc(N)nc2=O)cc1. The maximum atomic E-state index is 11.8. The molecule has 122 valence electrons. The van der Waals surface area contributed by atoms with Gasteiger partial charge in [0.05, 0.1) is 5.69 Å². The molecule has 0 radical (unpaired) electrons. The molecule has 0 aliphatic carbocycles. The van der Waals surface area contributed by atoms with E-state index >= 15 is 0 Å². The first-order valence-corrected chi connectivity index (χ1v) is 7.61. The Morgan fingerprint density at radius 2 is 2.00 bits per heavy atom. The lowest BCUT2D eigenvalue weighted by Crippen LogP contribution is -2.57. The number of likely N-dealkylation sites (tertiary alicyclic amines) is 1. The maximum absolute atomic E-state index is 11.8. The molecule has 3 rings (SSSR count). The van der Waals surface area contributed by atoms with Gasteiger partial charge in [-0.05, 0) is 37.3 Å². The van der Waals surface area contributed by atoms with Crippen molar-refractivity contribution < 1.29 is 4.74 Å². The van der Waals surface area contributed by atoms with Crippen LogP contribution in [0.15, 0.2) is 41.3 Å². The minimum absolute atomic E-state index is 0.0780. The summed E-state index contributed by atoms with van der Waals surface area (Å²) in [5.74, 6) is 0.980. The lowest BCUT2D eigenvalue weighted by molar-refractivity contribution is 0.0878. The largest absolute Gasteiger partial charge is 0.489 e. The third kappa shape index (κ3) is 3.69. The van der Waals surface area contributed by atoms with Crippen molar-refractivity contribution in [2.24, 2.45) is 5.73 Å². The van der Waals surface area contributed by atoms with Gasteiger partial charge in [0.1, 0.15) is 17.7 Å². The fraction of sp³-hybridized carbons (Fsp3) is 0.375. The Bertz CT molecular complexity index is 722. The van der Waals surface area contributed by atoms with E-state index in [0.29, 0.717) is 6.04 Å². The highest BCUT2D eigenvalue weighted by Crippen LogP contribution is 2.17. The maximum Gasteiger partial charge on any atom is 0.354 e. The van der Waals surface area contributed by atoms with E-state index in [9.17, 15) is 4.79 Å². The highest BCUT2D eigenvalue weighted by molar-refractivity contribution is 5.38. The van der Waals surface area contributed by atoms with Crippen molar-refractivity contribution in [1.29, 1.82) is 0 Å². The van der Waals surface area contributed by atoms with Crippen LogP contribution >= 0.6 is 0 Å². The van der Waals surface area contributed by atoms with E-state index in [2.05, 4.69) is 9.88 Å². The molecule has 1 atom stereocenters. The molecule has 7 nitrogen and oxygen atoms in total. The average molecular weight is 315 g/mol. The standard InChI is InChI=1S/C16H21N5O2/c1-11(8-20-9-12(17)10-20)23-14-4-2-13(3-5-14)21-7-6-15(18)19-16(21)22/h2-7,11-12H,8-10,17H2,1H3,(H2,18,19,22). The van der Waals surface area contributed by atoms with Crippen LogP contribution in [0, 0.1) is 0 Å². The van der Waals surface area contributed by atoms with Crippen LogP contribution in [0.25, 0.3) is 5.69 Å². The smallest absolute Gasteiger partial charge is 0.354 e. The molecule has 0 spiro atoms. The summed E-state index contributed by atoms with van der Waals surface area (Å²) in [5, 5.41) is 0. The zero-order chi connectivity index (χ0) is 16.4. The van der Waals surface area contributed by atoms with Crippen molar-refractivity contribution in [3.05, 3.63) is 47.0 Å². The van der Waals surface area contributed by atoms with Crippen molar-refractivity contribution in [3.8, 4) is 11.4 Å². The molecule has 2 heterocycles. The molecule has 1 aromatic carbocycles. The Morgan fingerprint density at radius 3 is 2.61 bits per heavy atom. The van der Waals surface area contributed by atoms with E-state index < -0.39 is 5.69 Å². The topological polar surface area (TPSA) is 99.4 Å². The Morgan fingerprint density at radius 1 is 1.30 bits per heavy atom. The lowest BCUT2D eigenvalue weighted by Gasteiger charge is -2.38. The van der Waals surface area contributed by atoms with Gasteiger partial charge in [0.25, 0.3) is 0 Å². The van der Waals surface area contributed by atoms with Crippen molar-refractivity contribution in [1.82, 2.24) is 14.5 Å². The first-order chi connectivity index (χ1) is 11.0. The molecule has 1 aromatic heterocycles. The van der Waals surface area contributed by atoms with Crippen molar-refractivity contribution in [2.45, 2.75) is 19.1 Å². The minimum Gasteiger partial charge on any atom is -0.489 e. The number of anilines is 1. The first-order valence-electron chi connectivity index (χ1n) is 7.61. The van der Waals surface area contributed by atoms with Gasteiger partial charge >= 0.3 is 5.69 Å². The van der Waals surface area contributed by atoms with Gasteiger partial charge in [-0.3, -0.25) is 9.47 Å². The zero-order valence-electron chi connectivity index (χ0n) is 13.1. The van der Waals surface area contributed by atoms with E-state index in [4.69, 9.17) is 16.2 Å². The molecule has 0 amide bonds. The van der Waals surface area contributed by atoms with Crippen LogP contribution in [-0.2, 0) is 0 Å². The summed E-state index contributed by atoms with van der Waals surface area (Å²) in [7, 11) is 0. The molecule has 23 heavy (non-hydrogen) atoms. The predicted molar refractivity (Wildman–Crippen MR) is 88.8 cm³/mol. The number of benzene rings is 1. The number of nitrogen functional groups attached to an aromatic ring is 1. The molecule has 2 aromatic rings. The Hall–Kier alpha value is -2.38. The summed E-state index contributed by atoms with van der Waals surface area (Å²) in [5.41, 5.74) is 11.6. The fourth-order valence-corrected chi connectivity index (χ4v) is 2.69. The first kappa shape index (κ1) is 15.5. The number of nitrogens with zero attached hydrogens (tertiary/aromatic N) is 3. The number of hydrogen-bond acceptors (Lipinski definition) is 6. The molecule has 1 aliphatic rings. The second kappa shape index (κ2) is 6.39. The Balaban J connectivity index is 1.63. The molecule has 7 heteroatoms. The summed E-state index contributed by atoms with van der Waals surface area (Å²) in [6, 6.07) is 9.22. The fourth-order valence-electron chi connectivity index (χ4n) is 2.69. The van der Waals surface area contributed by atoms with Gasteiger partial charge in [0, 0.05) is 31.9 Å². The number of ether oxygens (including phenoxy) is 1. The number of rotatable bonds is 5. The summed E-state index contributed by atoms with van der Waals surface area (Å²) < 4.78 is 7.33. The minimum atomic E-state index is -0.402. The van der Waals surface area contributed by atoms with Gasteiger partial charge in [-0.15, -0.1) is 0 Å². The van der Waals surface area contributed by atoms with E-state index in [-0.39, 0.29) is 11.9 Å². The summed E-state index contributed by atoms with van der Waals surface area (Å²) in [4.78, 5) is 17.8.